The van der Waals surface area contributed by atoms with E-state index in [0.29, 0.717) is 19.5 Å². The van der Waals surface area contributed by atoms with Gasteiger partial charge in [0.05, 0.1) is 12.5 Å². The molecule has 0 saturated carbocycles. The number of nitrogens with one attached hydrogen (secondary N) is 1. The Morgan fingerprint density at radius 1 is 1.44 bits per heavy atom. The summed E-state index contributed by atoms with van der Waals surface area (Å²) in [6, 6.07) is -2.00. The molecule has 0 radical (unpaired) electrons. The zero-order valence-corrected chi connectivity index (χ0v) is 9.96. The standard InChI is InChI=1S/C10H16N2O6/c1-18-6-2-3-12(5-6)10(17)11-7(9(15)16)4-8(13)14/h6-7H,2-5H2,1H3,(H,11,17)(H,13,14)(H,15,16)/t6?,7-/m1/s1. The van der Waals surface area contributed by atoms with Crippen LogP contribution < -0.4 is 5.32 Å². The second-order valence-electron chi connectivity index (χ2n) is 4.03. The number of carboxylic acid groups (broad SMARTS) is 2. The minimum atomic E-state index is -1.42. The van der Waals surface area contributed by atoms with Crippen molar-refractivity contribution >= 4 is 18.0 Å². The van der Waals surface area contributed by atoms with Crippen molar-refractivity contribution in [3.05, 3.63) is 0 Å². The lowest BCUT2D eigenvalue weighted by atomic mass is 10.2. The van der Waals surface area contributed by atoms with E-state index in [1.807, 2.05) is 0 Å². The SMILES string of the molecule is COC1CCN(C(=O)N[C@H](CC(=O)O)C(=O)O)C1. The normalized spacial score (nSPS) is 20.5. The van der Waals surface area contributed by atoms with Crippen molar-refractivity contribution in [1.82, 2.24) is 10.2 Å². The van der Waals surface area contributed by atoms with Crippen molar-refractivity contribution in [1.29, 1.82) is 0 Å². The lowest BCUT2D eigenvalue weighted by molar-refractivity contribution is -0.145. The number of ether oxygens (including phenoxy) is 1. The molecule has 0 aliphatic carbocycles. The van der Waals surface area contributed by atoms with Crippen molar-refractivity contribution in [2.45, 2.75) is 25.0 Å². The number of hydrogen-bond acceptors (Lipinski definition) is 4. The molecule has 1 unspecified atom stereocenters. The van der Waals surface area contributed by atoms with E-state index < -0.39 is 30.4 Å². The summed E-state index contributed by atoms with van der Waals surface area (Å²) in [4.78, 5) is 34.4. The molecule has 0 aromatic carbocycles. The molecule has 102 valence electrons. The topological polar surface area (TPSA) is 116 Å². The highest BCUT2D eigenvalue weighted by Crippen LogP contribution is 2.12. The van der Waals surface area contributed by atoms with Gasteiger partial charge in [-0.3, -0.25) is 4.79 Å². The van der Waals surface area contributed by atoms with Gasteiger partial charge in [-0.1, -0.05) is 0 Å². The molecule has 1 aliphatic rings. The van der Waals surface area contributed by atoms with Crippen LogP contribution in [0, 0.1) is 0 Å². The molecule has 2 atom stereocenters. The second-order valence-corrected chi connectivity index (χ2v) is 4.03. The zero-order chi connectivity index (χ0) is 13.7. The van der Waals surface area contributed by atoms with Gasteiger partial charge in [0, 0.05) is 20.2 Å². The Balaban J connectivity index is 2.51. The third-order valence-corrected chi connectivity index (χ3v) is 2.74. The Hall–Kier alpha value is -1.83. The van der Waals surface area contributed by atoms with Crippen molar-refractivity contribution in [2.75, 3.05) is 20.2 Å². The first-order chi connectivity index (χ1) is 8.43. The molecule has 1 heterocycles. The largest absolute Gasteiger partial charge is 0.481 e. The van der Waals surface area contributed by atoms with Crippen molar-refractivity contribution < 1.29 is 29.3 Å². The summed E-state index contributed by atoms with van der Waals surface area (Å²) in [6.45, 7) is 0.839. The third-order valence-electron chi connectivity index (χ3n) is 2.74. The van der Waals surface area contributed by atoms with Crippen LogP contribution in [0.15, 0.2) is 0 Å². The molecule has 1 rings (SSSR count). The van der Waals surface area contributed by atoms with Crippen LogP contribution in [-0.2, 0) is 14.3 Å². The highest BCUT2D eigenvalue weighted by Gasteiger charge is 2.30. The number of urea groups is 1. The first kappa shape index (κ1) is 14.2. The average Bonchev–Trinajstić information content (AvgIpc) is 2.75. The van der Waals surface area contributed by atoms with E-state index in [0.717, 1.165) is 0 Å². The van der Waals surface area contributed by atoms with Crippen LogP contribution in [0.25, 0.3) is 0 Å². The van der Waals surface area contributed by atoms with Crippen LogP contribution in [0.4, 0.5) is 4.79 Å². The first-order valence-corrected chi connectivity index (χ1v) is 5.47. The van der Waals surface area contributed by atoms with Gasteiger partial charge < -0.3 is 25.2 Å². The maximum Gasteiger partial charge on any atom is 0.326 e. The van der Waals surface area contributed by atoms with Gasteiger partial charge in [-0.2, -0.15) is 0 Å². The smallest absolute Gasteiger partial charge is 0.326 e. The van der Waals surface area contributed by atoms with Crippen LogP contribution in [0.2, 0.25) is 0 Å². The number of carbonyl (C=O) groups is 3. The summed E-state index contributed by atoms with van der Waals surface area (Å²) in [5.74, 6) is -2.65. The minimum Gasteiger partial charge on any atom is -0.481 e. The Kier molecular flexibility index (Phi) is 4.90. The number of amides is 2. The van der Waals surface area contributed by atoms with Crippen molar-refractivity contribution in [3.63, 3.8) is 0 Å². The molecular weight excluding hydrogens is 244 g/mol. The molecule has 8 heteroatoms. The number of hydrogen-bond donors (Lipinski definition) is 3. The van der Waals surface area contributed by atoms with E-state index in [1.165, 1.54) is 12.0 Å². The first-order valence-electron chi connectivity index (χ1n) is 5.47. The number of likely N-dealkylation sites (tertiary alicyclic amines) is 1. The molecule has 1 aliphatic heterocycles. The molecule has 0 bridgehead atoms. The summed E-state index contributed by atoms with van der Waals surface area (Å²) < 4.78 is 5.08. The highest BCUT2D eigenvalue weighted by molar-refractivity contribution is 5.86. The fraction of sp³-hybridized carbons (Fsp3) is 0.700. The maximum atomic E-state index is 11.7. The quantitative estimate of drug-likeness (QED) is 0.604. The van der Waals surface area contributed by atoms with Gasteiger partial charge in [0.25, 0.3) is 0 Å². The molecule has 3 N–H and O–H groups in total. The van der Waals surface area contributed by atoms with Crippen molar-refractivity contribution in [2.24, 2.45) is 0 Å². The molecule has 2 amide bonds. The van der Waals surface area contributed by atoms with E-state index in [1.54, 1.807) is 0 Å². The molecule has 0 aromatic heterocycles. The number of aliphatic carboxylic acids is 2. The van der Waals surface area contributed by atoms with Crippen LogP contribution in [0.3, 0.4) is 0 Å². The zero-order valence-electron chi connectivity index (χ0n) is 9.96. The number of nitrogens with zero attached hydrogens (tertiary/aromatic N) is 1. The van der Waals surface area contributed by atoms with Crippen LogP contribution in [-0.4, -0.2) is 65.4 Å². The average molecular weight is 260 g/mol. The summed E-state index contributed by atoms with van der Waals surface area (Å²) in [5, 5.41) is 19.5. The van der Waals surface area contributed by atoms with Crippen LogP contribution >= 0.6 is 0 Å². The molecule has 8 nitrogen and oxygen atoms in total. The van der Waals surface area contributed by atoms with Gasteiger partial charge >= 0.3 is 18.0 Å². The molecule has 1 fully saturated rings. The Labute approximate surface area is 104 Å². The van der Waals surface area contributed by atoms with Gasteiger partial charge in [-0.25, -0.2) is 9.59 Å². The van der Waals surface area contributed by atoms with Crippen LogP contribution in [0.1, 0.15) is 12.8 Å². The van der Waals surface area contributed by atoms with Gasteiger partial charge in [0.1, 0.15) is 6.04 Å². The predicted octanol–water partition coefficient (Wildman–Crippen LogP) is -0.655. The summed E-state index contributed by atoms with van der Waals surface area (Å²) in [6.07, 6.45) is -0.0260. The van der Waals surface area contributed by atoms with Crippen molar-refractivity contribution in [3.8, 4) is 0 Å². The van der Waals surface area contributed by atoms with Gasteiger partial charge in [0.15, 0.2) is 0 Å². The summed E-state index contributed by atoms with van der Waals surface area (Å²) >= 11 is 0. The van der Waals surface area contributed by atoms with Crippen LogP contribution in [0.5, 0.6) is 0 Å². The molecule has 0 spiro atoms. The Bertz CT molecular complexity index is 345. The predicted molar refractivity (Wildman–Crippen MR) is 59.2 cm³/mol. The lowest BCUT2D eigenvalue weighted by Gasteiger charge is -2.20. The highest BCUT2D eigenvalue weighted by atomic mass is 16.5. The van der Waals surface area contributed by atoms with Gasteiger partial charge in [0.2, 0.25) is 0 Å². The fourth-order valence-electron chi connectivity index (χ4n) is 1.72. The van der Waals surface area contributed by atoms with Gasteiger partial charge in [-0.15, -0.1) is 0 Å². The van der Waals surface area contributed by atoms with E-state index in [2.05, 4.69) is 5.32 Å². The maximum absolute atomic E-state index is 11.7. The molecule has 0 aromatic rings. The minimum absolute atomic E-state index is 0.0569. The molecule has 1 saturated heterocycles. The number of methoxy groups -OCH3 is 1. The monoisotopic (exact) mass is 260 g/mol. The second kappa shape index (κ2) is 6.20. The summed E-state index contributed by atoms with van der Waals surface area (Å²) in [5.41, 5.74) is 0. The fourth-order valence-corrected chi connectivity index (χ4v) is 1.72. The van der Waals surface area contributed by atoms with E-state index in [4.69, 9.17) is 14.9 Å². The Morgan fingerprint density at radius 2 is 2.11 bits per heavy atom. The lowest BCUT2D eigenvalue weighted by Crippen LogP contribution is -2.48. The molecular formula is C10H16N2O6. The van der Waals surface area contributed by atoms with E-state index in [9.17, 15) is 14.4 Å². The van der Waals surface area contributed by atoms with E-state index in [-0.39, 0.29) is 6.10 Å². The number of carbonyl (C=O) groups excluding carboxylic acids is 1. The molecule has 18 heavy (non-hydrogen) atoms. The van der Waals surface area contributed by atoms with Gasteiger partial charge in [-0.05, 0) is 6.42 Å². The number of rotatable bonds is 5. The third kappa shape index (κ3) is 3.88. The number of carboxylic acids is 2. The Morgan fingerprint density at radius 3 is 2.56 bits per heavy atom. The van der Waals surface area contributed by atoms with E-state index >= 15 is 0 Å². The summed E-state index contributed by atoms with van der Waals surface area (Å²) in [7, 11) is 1.54.